The Morgan fingerprint density at radius 2 is 1.61 bits per heavy atom. The molecule has 2 amide bonds. The quantitative estimate of drug-likeness (QED) is 0.414. The summed E-state index contributed by atoms with van der Waals surface area (Å²) >= 11 is 12.7. The van der Waals surface area contributed by atoms with Crippen LogP contribution in [0.15, 0.2) is 42.5 Å². The van der Waals surface area contributed by atoms with Gasteiger partial charge in [0.05, 0.1) is 18.6 Å². The van der Waals surface area contributed by atoms with Gasteiger partial charge in [0, 0.05) is 28.2 Å². The number of carbonyl (C=O) groups is 2. The van der Waals surface area contributed by atoms with Gasteiger partial charge in [0.25, 0.3) is 0 Å². The number of anilines is 1. The Hall–Kier alpha value is -2.49. The summed E-state index contributed by atoms with van der Waals surface area (Å²) in [6, 6.07) is 10.3. The zero-order chi connectivity index (χ0) is 27.0. The molecule has 2 atom stereocenters. The molecular weight excluding hydrogens is 525 g/mol. The van der Waals surface area contributed by atoms with Crippen molar-refractivity contribution >= 4 is 50.7 Å². The van der Waals surface area contributed by atoms with Gasteiger partial charge in [-0.1, -0.05) is 36.2 Å². The van der Waals surface area contributed by atoms with E-state index in [0.717, 1.165) is 10.6 Å². The zero-order valence-corrected chi connectivity index (χ0v) is 23.5. The summed E-state index contributed by atoms with van der Waals surface area (Å²) in [4.78, 5) is 27.8. The molecule has 2 aromatic rings. The number of carbonyl (C=O) groups excluding carboxylic acids is 2. The molecule has 36 heavy (non-hydrogen) atoms. The van der Waals surface area contributed by atoms with Gasteiger partial charge >= 0.3 is 0 Å². The van der Waals surface area contributed by atoms with Crippen LogP contribution in [0.2, 0.25) is 10.0 Å². The molecule has 0 saturated heterocycles. The van der Waals surface area contributed by atoms with Crippen molar-refractivity contribution in [3.05, 3.63) is 58.1 Å². The molecule has 0 spiro atoms. The molecule has 8 nitrogen and oxygen atoms in total. The second-order valence-electron chi connectivity index (χ2n) is 8.41. The van der Waals surface area contributed by atoms with E-state index in [-0.39, 0.29) is 18.5 Å². The van der Waals surface area contributed by atoms with Crippen LogP contribution in [0.3, 0.4) is 0 Å². The van der Waals surface area contributed by atoms with E-state index in [9.17, 15) is 18.0 Å². The second kappa shape index (κ2) is 13.2. The highest BCUT2D eigenvalue weighted by Crippen LogP contribution is 2.27. The molecule has 0 bridgehead atoms. The van der Waals surface area contributed by atoms with Crippen molar-refractivity contribution in [3.8, 4) is 5.75 Å². The molecule has 0 fully saturated rings. The van der Waals surface area contributed by atoms with Crippen molar-refractivity contribution < 1.29 is 22.7 Å². The van der Waals surface area contributed by atoms with Crippen molar-refractivity contribution in [3.63, 3.8) is 0 Å². The first-order valence-electron chi connectivity index (χ1n) is 11.6. The summed E-state index contributed by atoms with van der Waals surface area (Å²) in [5.41, 5.74) is 0.756. The van der Waals surface area contributed by atoms with Crippen LogP contribution >= 0.6 is 23.2 Å². The molecule has 11 heteroatoms. The predicted molar refractivity (Wildman–Crippen MR) is 144 cm³/mol. The lowest BCUT2D eigenvalue weighted by atomic mass is 10.1. The molecule has 1 N–H and O–H groups in total. The van der Waals surface area contributed by atoms with E-state index < -0.39 is 28.5 Å². The van der Waals surface area contributed by atoms with Gasteiger partial charge in [-0.2, -0.15) is 0 Å². The van der Waals surface area contributed by atoms with Gasteiger partial charge in [-0.3, -0.25) is 13.9 Å². The van der Waals surface area contributed by atoms with Gasteiger partial charge in [-0.25, -0.2) is 8.42 Å². The molecule has 0 radical (unpaired) electrons. The SMILES string of the molecule is CCOc1ccc(N(CC(=O)N(Cc2c(Cl)cccc2Cl)[C@H](C)C(=O)N[C@H](C)CC)S(C)(=O)=O)cc1. The Kier molecular flexibility index (Phi) is 10.9. The van der Waals surface area contributed by atoms with E-state index in [2.05, 4.69) is 5.32 Å². The van der Waals surface area contributed by atoms with Crippen LogP contribution in [-0.2, 0) is 26.2 Å². The highest BCUT2D eigenvalue weighted by Gasteiger charge is 2.31. The summed E-state index contributed by atoms with van der Waals surface area (Å²) in [5, 5.41) is 3.54. The standard InChI is InChI=1S/C25H33Cl2N3O5S/c1-6-17(3)28-25(32)18(4)29(15-21-22(26)9-8-10-23(21)27)24(31)16-30(36(5,33)34)19-11-13-20(14-12-19)35-7-2/h8-14,17-18H,6-7,15-16H2,1-5H3,(H,28,32)/t17-,18-/m1/s1. The lowest BCUT2D eigenvalue weighted by Gasteiger charge is -2.32. The summed E-state index contributed by atoms with van der Waals surface area (Å²) in [6.07, 6.45) is 1.73. The Morgan fingerprint density at radius 3 is 2.11 bits per heavy atom. The first-order chi connectivity index (χ1) is 16.9. The summed E-state index contributed by atoms with van der Waals surface area (Å²) < 4.78 is 31.7. The highest BCUT2D eigenvalue weighted by molar-refractivity contribution is 7.92. The molecule has 2 aromatic carbocycles. The second-order valence-corrected chi connectivity index (χ2v) is 11.1. The van der Waals surface area contributed by atoms with Crippen LogP contribution in [0, 0.1) is 0 Å². The Morgan fingerprint density at radius 1 is 1.03 bits per heavy atom. The van der Waals surface area contributed by atoms with Crippen molar-refractivity contribution in [2.45, 2.75) is 52.7 Å². The maximum Gasteiger partial charge on any atom is 0.244 e. The van der Waals surface area contributed by atoms with Gasteiger partial charge in [0.2, 0.25) is 21.8 Å². The van der Waals surface area contributed by atoms with E-state index in [1.165, 1.54) is 4.90 Å². The van der Waals surface area contributed by atoms with E-state index in [1.54, 1.807) is 49.4 Å². The van der Waals surface area contributed by atoms with Crippen molar-refractivity contribution in [2.75, 3.05) is 23.7 Å². The topological polar surface area (TPSA) is 96.0 Å². The number of nitrogens with one attached hydrogen (secondary N) is 1. The highest BCUT2D eigenvalue weighted by atomic mass is 35.5. The van der Waals surface area contributed by atoms with Crippen LogP contribution < -0.4 is 14.4 Å². The molecule has 0 unspecified atom stereocenters. The van der Waals surface area contributed by atoms with Crippen LogP contribution in [-0.4, -0.2) is 56.6 Å². The molecule has 0 aliphatic rings. The number of benzene rings is 2. The van der Waals surface area contributed by atoms with Crippen LogP contribution in [0.4, 0.5) is 5.69 Å². The Balaban J connectivity index is 2.42. The number of rotatable bonds is 12. The number of halogens is 2. The number of ether oxygens (including phenoxy) is 1. The predicted octanol–water partition coefficient (Wildman–Crippen LogP) is 4.49. The average Bonchev–Trinajstić information content (AvgIpc) is 2.82. The maximum atomic E-state index is 13.6. The van der Waals surface area contributed by atoms with Crippen molar-refractivity contribution in [1.82, 2.24) is 10.2 Å². The molecule has 0 saturated carbocycles. The van der Waals surface area contributed by atoms with E-state index in [4.69, 9.17) is 27.9 Å². The first kappa shape index (κ1) is 29.7. The maximum absolute atomic E-state index is 13.6. The van der Waals surface area contributed by atoms with Crippen LogP contribution in [0.1, 0.15) is 39.7 Å². The minimum atomic E-state index is -3.84. The van der Waals surface area contributed by atoms with Crippen LogP contribution in [0.25, 0.3) is 0 Å². The van der Waals surface area contributed by atoms with Crippen molar-refractivity contribution in [2.24, 2.45) is 0 Å². The monoisotopic (exact) mass is 557 g/mol. The Bertz CT molecular complexity index is 1140. The third kappa shape index (κ3) is 8.01. The fraction of sp³-hybridized carbons (Fsp3) is 0.440. The third-order valence-electron chi connectivity index (χ3n) is 5.67. The number of hydrogen-bond acceptors (Lipinski definition) is 5. The Labute approximate surface area is 223 Å². The number of sulfonamides is 1. The molecule has 0 heterocycles. The van der Waals surface area contributed by atoms with Crippen molar-refractivity contribution in [1.29, 1.82) is 0 Å². The lowest BCUT2D eigenvalue weighted by molar-refractivity contribution is -0.139. The molecule has 2 rings (SSSR count). The lowest BCUT2D eigenvalue weighted by Crippen LogP contribution is -2.52. The van der Waals surface area contributed by atoms with E-state index in [1.807, 2.05) is 20.8 Å². The van der Waals surface area contributed by atoms with Gasteiger partial charge in [0.15, 0.2) is 0 Å². The van der Waals surface area contributed by atoms with Gasteiger partial charge in [0.1, 0.15) is 18.3 Å². The van der Waals surface area contributed by atoms with Crippen LogP contribution in [0.5, 0.6) is 5.75 Å². The van der Waals surface area contributed by atoms with E-state index in [0.29, 0.717) is 40.1 Å². The van der Waals surface area contributed by atoms with Gasteiger partial charge in [-0.05, 0) is 63.6 Å². The largest absolute Gasteiger partial charge is 0.494 e. The fourth-order valence-electron chi connectivity index (χ4n) is 3.39. The smallest absolute Gasteiger partial charge is 0.244 e. The number of amides is 2. The number of nitrogens with zero attached hydrogens (tertiary/aromatic N) is 2. The minimum Gasteiger partial charge on any atom is -0.494 e. The third-order valence-corrected chi connectivity index (χ3v) is 7.52. The average molecular weight is 559 g/mol. The summed E-state index contributed by atoms with van der Waals surface area (Å²) in [7, 11) is -3.84. The zero-order valence-electron chi connectivity index (χ0n) is 21.1. The fourth-order valence-corrected chi connectivity index (χ4v) is 4.76. The molecule has 198 valence electrons. The molecular formula is C25H33Cl2N3O5S. The summed E-state index contributed by atoms with van der Waals surface area (Å²) in [6.45, 7) is 7.09. The minimum absolute atomic E-state index is 0.0761. The first-order valence-corrected chi connectivity index (χ1v) is 14.2. The molecule has 0 aliphatic carbocycles. The normalized spacial score (nSPS) is 13.0. The van der Waals surface area contributed by atoms with Gasteiger partial charge in [-0.15, -0.1) is 0 Å². The molecule has 0 aliphatic heterocycles. The summed E-state index contributed by atoms with van der Waals surface area (Å²) in [5.74, 6) is -0.378. The van der Waals surface area contributed by atoms with E-state index >= 15 is 0 Å². The number of hydrogen-bond donors (Lipinski definition) is 1. The van der Waals surface area contributed by atoms with Gasteiger partial charge < -0.3 is 15.0 Å². The molecule has 0 aromatic heterocycles.